The minimum Gasteiger partial charge on any atom is -0.378 e. The maximum atomic E-state index is 3.59. The number of hydrogen-bond donors (Lipinski definition) is 1. The van der Waals surface area contributed by atoms with E-state index in [1.54, 1.807) is 0 Å². The van der Waals surface area contributed by atoms with E-state index < -0.39 is 0 Å². The van der Waals surface area contributed by atoms with E-state index in [1.165, 1.54) is 16.1 Å². The fourth-order valence-corrected chi connectivity index (χ4v) is 2.97. The molecule has 1 nitrogen and oxygen atoms in total. The predicted molar refractivity (Wildman–Crippen MR) is 89.0 cm³/mol. The van der Waals surface area contributed by atoms with Crippen molar-refractivity contribution >= 4 is 33.4 Å². The van der Waals surface area contributed by atoms with Gasteiger partial charge in [-0.15, -0.1) is 11.8 Å². The number of anilines is 1. The van der Waals surface area contributed by atoms with Gasteiger partial charge in [-0.2, -0.15) is 0 Å². The summed E-state index contributed by atoms with van der Waals surface area (Å²) in [5.41, 5.74) is 2.50. The van der Waals surface area contributed by atoms with Crippen LogP contribution in [0.2, 0.25) is 0 Å². The van der Waals surface area contributed by atoms with Gasteiger partial charge in [-0.3, -0.25) is 0 Å². The smallest absolute Gasteiger partial charge is 0.0486 e. The molecule has 0 radical (unpaired) electrons. The van der Waals surface area contributed by atoms with Crippen molar-refractivity contribution in [2.75, 3.05) is 11.1 Å². The summed E-state index contributed by atoms with van der Waals surface area (Å²) in [6, 6.07) is 17.3. The molecule has 0 bridgehead atoms. The molecule has 0 aliphatic heterocycles. The lowest BCUT2D eigenvalue weighted by Crippen LogP contribution is -2.07. The standard InChI is InChI=1S/C16H18BrNS/c1-3-19-16-7-5-4-6-15(16)18-12(2)13-8-10-14(17)11-9-13/h4-12,18H,3H2,1-2H3. The van der Waals surface area contributed by atoms with E-state index in [0.29, 0.717) is 6.04 Å². The van der Waals surface area contributed by atoms with E-state index >= 15 is 0 Å². The second kappa shape index (κ2) is 7.01. The Morgan fingerprint density at radius 1 is 1.11 bits per heavy atom. The average molecular weight is 336 g/mol. The summed E-state index contributed by atoms with van der Waals surface area (Å²) in [4.78, 5) is 1.31. The summed E-state index contributed by atoms with van der Waals surface area (Å²) in [6.07, 6.45) is 0. The van der Waals surface area contributed by atoms with Gasteiger partial charge in [-0.05, 0) is 42.5 Å². The molecule has 0 aliphatic carbocycles. The summed E-state index contributed by atoms with van der Waals surface area (Å²) in [6.45, 7) is 4.37. The van der Waals surface area contributed by atoms with Crippen molar-refractivity contribution in [3.05, 3.63) is 58.6 Å². The fraction of sp³-hybridized carbons (Fsp3) is 0.250. The van der Waals surface area contributed by atoms with E-state index in [4.69, 9.17) is 0 Å². The molecule has 0 saturated carbocycles. The molecule has 2 aromatic carbocycles. The zero-order chi connectivity index (χ0) is 13.7. The highest BCUT2D eigenvalue weighted by Crippen LogP contribution is 2.29. The van der Waals surface area contributed by atoms with Crippen LogP contribution < -0.4 is 5.32 Å². The molecule has 1 unspecified atom stereocenters. The van der Waals surface area contributed by atoms with Crippen molar-refractivity contribution < 1.29 is 0 Å². The molecule has 0 spiro atoms. The van der Waals surface area contributed by atoms with Crippen LogP contribution in [0.1, 0.15) is 25.5 Å². The number of benzene rings is 2. The quantitative estimate of drug-likeness (QED) is 0.699. The Kier molecular flexibility index (Phi) is 5.34. The van der Waals surface area contributed by atoms with Gasteiger partial charge >= 0.3 is 0 Å². The van der Waals surface area contributed by atoms with Crippen molar-refractivity contribution in [3.8, 4) is 0 Å². The van der Waals surface area contributed by atoms with Gasteiger partial charge in [0.15, 0.2) is 0 Å². The second-order valence-corrected chi connectivity index (χ2v) is 6.57. The molecular formula is C16H18BrNS. The van der Waals surface area contributed by atoms with Gasteiger partial charge in [0.1, 0.15) is 0 Å². The first-order valence-electron chi connectivity index (χ1n) is 6.44. The monoisotopic (exact) mass is 335 g/mol. The number of nitrogens with one attached hydrogen (secondary N) is 1. The maximum Gasteiger partial charge on any atom is 0.0486 e. The fourth-order valence-electron chi connectivity index (χ4n) is 1.94. The predicted octanol–water partition coefficient (Wildman–Crippen LogP) is 5.73. The van der Waals surface area contributed by atoms with E-state index in [9.17, 15) is 0 Å². The highest BCUT2D eigenvalue weighted by molar-refractivity contribution is 9.10. The number of hydrogen-bond acceptors (Lipinski definition) is 2. The Morgan fingerprint density at radius 2 is 1.79 bits per heavy atom. The highest BCUT2D eigenvalue weighted by atomic mass is 79.9. The molecule has 2 aromatic rings. The SMILES string of the molecule is CCSc1ccccc1NC(C)c1ccc(Br)cc1. The number of thioether (sulfide) groups is 1. The summed E-state index contributed by atoms with van der Waals surface area (Å²) in [5, 5.41) is 3.59. The lowest BCUT2D eigenvalue weighted by atomic mass is 10.1. The Labute approximate surface area is 127 Å². The van der Waals surface area contributed by atoms with Gasteiger partial charge in [0.2, 0.25) is 0 Å². The molecule has 19 heavy (non-hydrogen) atoms. The molecule has 0 fully saturated rings. The lowest BCUT2D eigenvalue weighted by Gasteiger charge is -2.18. The maximum absolute atomic E-state index is 3.59. The molecule has 0 heterocycles. The third-order valence-corrected chi connectivity index (χ3v) is 4.41. The average Bonchev–Trinajstić information content (AvgIpc) is 2.42. The van der Waals surface area contributed by atoms with Crippen LogP contribution in [0.4, 0.5) is 5.69 Å². The Morgan fingerprint density at radius 3 is 2.47 bits per heavy atom. The van der Waals surface area contributed by atoms with Crippen molar-refractivity contribution in [1.29, 1.82) is 0 Å². The normalized spacial score (nSPS) is 12.2. The van der Waals surface area contributed by atoms with Gasteiger partial charge in [0.05, 0.1) is 0 Å². The van der Waals surface area contributed by atoms with E-state index in [0.717, 1.165) is 10.2 Å². The van der Waals surface area contributed by atoms with Crippen LogP contribution in [0.15, 0.2) is 57.9 Å². The first-order chi connectivity index (χ1) is 9.20. The first-order valence-corrected chi connectivity index (χ1v) is 8.22. The van der Waals surface area contributed by atoms with Crippen LogP contribution in [0.5, 0.6) is 0 Å². The lowest BCUT2D eigenvalue weighted by molar-refractivity contribution is 0.879. The molecule has 100 valence electrons. The molecule has 0 saturated heterocycles. The highest BCUT2D eigenvalue weighted by Gasteiger charge is 2.08. The van der Waals surface area contributed by atoms with Crippen molar-refractivity contribution in [2.24, 2.45) is 0 Å². The number of halogens is 1. The summed E-state index contributed by atoms with van der Waals surface area (Å²) in [5.74, 6) is 1.09. The molecule has 1 N–H and O–H groups in total. The van der Waals surface area contributed by atoms with Gasteiger partial charge < -0.3 is 5.32 Å². The Bertz CT molecular complexity index is 525. The Balaban J connectivity index is 2.14. The molecule has 0 amide bonds. The van der Waals surface area contributed by atoms with Gasteiger partial charge in [-0.1, -0.05) is 47.1 Å². The van der Waals surface area contributed by atoms with E-state index in [2.05, 4.69) is 83.6 Å². The second-order valence-electron chi connectivity index (χ2n) is 4.35. The van der Waals surface area contributed by atoms with Crippen LogP contribution in [-0.2, 0) is 0 Å². The Hall–Kier alpha value is -0.930. The van der Waals surface area contributed by atoms with Crippen molar-refractivity contribution in [1.82, 2.24) is 0 Å². The zero-order valence-corrected chi connectivity index (χ0v) is 13.6. The van der Waals surface area contributed by atoms with Gasteiger partial charge in [-0.25, -0.2) is 0 Å². The van der Waals surface area contributed by atoms with Crippen LogP contribution in [-0.4, -0.2) is 5.75 Å². The minimum absolute atomic E-state index is 0.298. The molecule has 2 rings (SSSR count). The zero-order valence-electron chi connectivity index (χ0n) is 11.2. The largest absolute Gasteiger partial charge is 0.378 e. The summed E-state index contributed by atoms with van der Waals surface area (Å²) < 4.78 is 1.12. The van der Waals surface area contributed by atoms with E-state index in [1.807, 2.05) is 11.8 Å². The van der Waals surface area contributed by atoms with Crippen molar-refractivity contribution in [2.45, 2.75) is 24.8 Å². The van der Waals surface area contributed by atoms with Crippen LogP contribution >= 0.6 is 27.7 Å². The minimum atomic E-state index is 0.298. The van der Waals surface area contributed by atoms with Crippen LogP contribution in [0.3, 0.4) is 0 Å². The summed E-state index contributed by atoms with van der Waals surface area (Å²) >= 11 is 5.34. The third kappa shape index (κ3) is 4.02. The molecular weight excluding hydrogens is 318 g/mol. The molecule has 1 atom stereocenters. The van der Waals surface area contributed by atoms with Crippen molar-refractivity contribution in [3.63, 3.8) is 0 Å². The molecule has 0 aliphatic rings. The van der Waals surface area contributed by atoms with Gasteiger partial charge in [0, 0.05) is 21.1 Å². The third-order valence-electron chi connectivity index (χ3n) is 2.93. The topological polar surface area (TPSA) is 12.0 Å². The van der Waals surface area contributed by atoms with E-state index in [-0.39, 0.29) is 0 Å². The number of para-hydroxylation sites is 1. The number of rotatable bonds is 5. The molecule has 0 aromatic heterocycles. The summed E-state index contributed by atoms with van der Waals surface area (Å²) in [7, 11) is 0. The first kappa shape index (κ1) is 14.5. The van der Waals surface area contributed by atoms with Gasteiger partial charge in [0.25, 0.3) is 0 Å². The van der Waals surface area contributed by atoms with Crippen LogP contribution in [0, 0.1) is 0 Å². The molecule has 3 heteroatoms. The van der Waals surface area contributed by atoms with Crippen LogP contribution in [0.25, 0.3) is 0 Å².